The fraction of sp³-hybridized carbons (Fsp3) is 0.167. The summed E-state index contributed by atoms with van der Waals surface area (Å²) in [5, 5.41) is 21.3. The molecule has 1 heterocycles. The number of rotatable bonds is 3. The van der Waals surface area contributed by atoms with Crippen LogP contribution < -0.4 is 5.46 Å². The van der Waals surface area contributed by atoms with E-state index in [9.17, 15) is 0 Å². The van der Waals surface area contributed by atoms with Crippen LogP contribution in [0.15, 0.2) is 23.0 Å². The minimum Gasteiger partial charge on any atom is -0.423 e. The lowest BCUT2D eigenvalue weighted by Crippen LogP contribution is -2.28. The van der Waals surface area contributed by atoms with E-state index in [1.54, 1.807) is 6.08 Å². The molecule has 70 valence electrons. The first kappa shape index (κ1) is 10.6. The fourth-order valence-electron chi connectivity index (χ4n) is 0.775. The Hall–Kier alpha value is -0.485. The van der Waals surface area contributed by atoms with Crippen LogP contribution in [0.4, 0.5) is 0 Å². The maximum absolute atomic E-state index is 8.75. The van der Waals surface area contributed by atoms with Gasteiger partial charge in [0.05, 0.1) is 6.54 Å². The first-order valence-corrected chi connectivity index (χ1v) is 4.25. The molecule has 0 aliphatic carbocycles. The lowest BCUT2D eigenvalue weighted by atomic mass is 9.83. The van der Waals surface area contributed by atoms with Crippen molar-refractivity contribution in [1.82, 2.24) is 9.78 Å². The second-order valence-corrected chi connectivity index (χ2v) is 3.37. The molecule has 0 aliphatic rings. The van der Waals surface area contributed by atoms with Crippen LogP contribution >= 0.6 is 23.2 Å². The van der Waals surface area contributed by atoms with Crippen molar-refractivity contribution in [3.8, 4) is 0 Å². The Morgan fingerprint density at radius 1 is 1.62 bits per heavy atom. The van der Waals surface area contributed by atoms with Gasteiger partial charge in [0.2, 0.25) is 0 Å². The molecular formula is C6H7BCl2N2O2. The minimum atomic E-state index is -1.50. The number of aromatic nitrogens is 2. The standard InChI is InChI=1S/C6H7BCl2N2O2/c8-6(9)1-2-11-4-5(3-10-11)7(12)13/h1,3-4,12-13H,2H2. The van der Waals surface area contributed by atoms with Gasteiger partial charge in [-0.1, -0.05) is 23.2 Å². The van der Waals surface area contributed by atoms with Gasteiger partial charge >= 0.3 is 7.12 Å². The summed E-state index contributed by atoms with van der Waals surface area (Å²) >= 11 is 10.8. The number of allylic oxidation sites excluding steroid dienone is 1. The van der Waals surface area contributed by atoms with Crippen molar-refractivity contribution < 1.29 is 10.0 Å². The quantitative estimate of drug-likeness (QED) is 0.699. The predicted molar refractivity (Wildman–Crippen MR) is 51.8 cm³/mol. The molecule has 1 rings (SSSR count). The molecular weight excluding hydrogens is 214 g/mol. The van der Waals surface area contributed by atoms with Crippen LogP contribution in [-0.2, 0) is 6.54 Å². The molecule has 0 radical (unpaired) electrons. The summed E-state index contributed by atoms with van der Waals surface area (Å²) in [6.07, 6.45) is 4.40. The second kappa shape index (κ2) is 4.67. The monoisotopic (exact) mass is 220 g/mol. The van der Waals surface area contributed by atoms with E-state index >= 15 is 0 Å². The fourth-order valence-corrected chi connectivity index (χ4v) is 0.913. The van der Waals surface area contributed by atoms with Gasteiger partial charge in [-0.25, -0.2) is 0 Å². The van der Waals surface area contributed by atoms with E-state index in [4.69, 9.17) is 33.2 Å². The zero-order valence-corrected chi connectivity index (χ0v) is 8.07. The Kier molecular flexibility index (Phi) is 3.80. The Balaban J connectivity index is 2.64. The van der Waals surface area contributed by atoms with E-state index in [0.29, 0.717) is 12.0 Å². The van der Waals surface area contributed by atoms with Gasteiger partial charge in [0.25, 0.3) is 0 Å². The van der Waals surface area contributed by atoms with Gasteiger partial charge in [0.1, 0.15) is 4.49 Å². The van der Waals surface area contributed by atoms with Crippen LogP contribution in [-0.4, -0.2) is 26.9 Å². The van der Waals surface area contributed by atoms with Crippen molar-refractivity contribution in [2.45, 2.75) is 6.54 Å². The van der Waals surface area contributed by atoms with Gasteiger partial charge in [-0.05, 0) is 6.08 Å². The summed E-state index contributed by atoms with van der Waals surface area (Å²) in [7, 11) is -1.50. The third kappa shape index (κ3) is 3.40. The first-order chi connectivity index (χ1) is 6.09. The van der Waals surface area contributed by atoms with Crippen LogP contribution in [0.3, 0.4) is 0 Å². The molecule has 13 heavy (non-hydrogen) atoms. The molecule has 0 atom stereocenters. The number of hydrogen-bond acceptors (Lipinski definition) is 3. The molecule has 7 heteroatoms. The van der Waals surface area contributed by atoms with Crippen molar-refractivity contribution in [1.29, 1.82) is 0 Å². The molecule has 0 aliphatic heterocycles. The van der Waals surface area contributed by atoms with Gasteiger partial charge in [-0.15, -0.1) is 0 Å². The SMILES string of the molecule is OB(O)c1cnn(CC=C(Cl)Cl)c1. The summed E-state index contributed by atoms with van der Waals surface area (Å²) in [6, 6.07) is 0. The molecule has 0 fully saturated rings. The van der Waals surface area contributed by atoms with Gasteiger partial charge in [0, 0.05) is 17.9 Å². The maximum atomic E-state index is 8.75. The Labute approximate surface area is 85.5 Å². The molecule has 2 N–H and O–H groups in total. The number of halogens is 2. The lowest BCUT2D eigenvalue weighted by Gasteiger charge is -1.93. The average Bonchev–Trinajstić information content (AvgIpc) is 2.48. The Morgan fingerprint density at radius 3 is 2.77 bits per heavy atom. The Morgan fingerprint density at radius 2 is 2.31 bits per heavy atom. The third-order valence-corrected chi connectivity index (χ3v) is 1.69. The smallest absolute Gasteiger partial charge is 0.423 e. The first-order valence-electron chi connectivity index (χ1n) is 3.49. The summed E-state index contributed by atoms with van der Waals surface area (Å²) in [5.74, 6) is 0. The second-order valence-electron chi connectivity index (χ2n) is 2.36. The van der Waals surface area contributed by atoms with Gasteiger partial charge in [-0.3, -0.25) is 4.68 Å². The van der Waals surface area contributed by atoms with Gasteiger partial charge in [-0.2, -0.15) is 5.10 Å². The highest BCUT2D eigenvalue weighted by Crippen LogP contribution is 2.05. The van der Waals surface area contributed by atoms with Gasteiger partial charge in [0.15, 0.2) is 0 Å². The topological polar surface area (TPSA) is 58.3 Å². The molecule has 1 aromatic rings. The zero-order chi connectivity index (χ0) is 9.84. The highest BCUT2D eigenvalue weighted by Gasteiger charge is 2.12. The van der Waals surface area contributed by atoms with Crippen LogP contribution in [0.1, 0.15) is 0 Å². The maximum Gasteiger partial charge on any atom is 0.491 e. The van der Waals surface area contributed by atoms with Crippen LogP contribution in [0.2, 0.25) is 0 Å². The largest absolute Gasteiger partial charge is 0.491 e. The molecule has 0 amide bonds. The Bertz CT molecular complexity index is 309. The van der Waals surface area contributed by atoms with Crippen molar-refractivity contribution in [3.05, 3.63) is 23.0 Å². The third-order valence-electron chi connectivity index (χ3n) is 1.38. The van der Waals surface area contributed by atoms with Crippen LogP contribution in [0.25, 0.3) is 0 Å². The molecule has 0 saturated heterocycles. The van der Waals surface area contributed by atoms with Crippen molar-refractivity contribution in [2.75, 3.05) is 0 Å². The minimum absolute atomic E-state index is 0.154. The van der Waals surface area contributed by atoms with E-state index < -0.39 is 7.12 Å². The van der Waals surface area contributed by atoms with Crippen LogP contribution in [0.5, 0.6) is 0 Å². The zero-order valence-electron chi connectivity index (χ0n) is 6.56. The summed E-state index contributed by atoms with van der Waals surface area (Å²) in [6.45, 7) is 0.398. The highest BCUT2D eigenvalue weighted by molar-refractivity contribution is 6.58. The lowest BCUT2D eigenvalue weighted by molar-refractivity contribution is 0.425. The van der Waals surface area contributed by atoms with E-state index in [1.165, 1.54) is 17.1 Å². The molecule has 0 bridgehead atoms. The molecule has 0 saturated carbocycles. The summed E-state index contributed by atoms with van der Waals surface area (Å²) in [5.41, 5.74) is 0.332. The molecule has 1 aromatic heterocycles. The summed E-state index contributed by atoms with van der Waals surface area (Å²) in [4.78, 5) is 0. The van der Waals surface area contributed by atoms with Gasteiger partial charge < -0.3 is 10.0 Å². The van der Waals surface area contributed by atoms with Crippen LogP contribution in [0, 0.1) is 0 Å². The van der Waals surface area contributed by atoms with E-state index in [1.807, 2.05) is 0 Å². The normalized spacial score (nSPS) is 9.85. The van der Waals surface area contributed by atoms with Crippen molar-refractivity contribution in [3.63, 3.8) is 0 Å². The number of nitrogens with zero attached hydrogens (tertiary/aromatic N) is 2. The molecule has 4 nitrogen and oxygen atoms in total. The molecule has 0 unspecified atom stereocenters. The van der Waals surface area contributed by atoms with E-state index in [2.05, 4.69) is 5.10 Å². The van der Waals surface area contributed by atoms with Crippen molar-refractivity contribution >= 4 is 35.8 Å². The van der Waals surface area contributed by atoms with E-state index in [-0.39, 0.29) is 4.49 Å². The summed E-state index contributed by atoms with van der Waals surface area (Å²) < 4.78 is 1.64. The molecule has 0 spiro atoms. The van der Waals surface area contributed by atoms with Crippen molar-refractivity contribution in [2.24, 2.45) is 0 Å². The van der Waals surface area contributed by atoms with E-state index in [0.717, 1.165) is 0 Å². The average molecular weight is 221 g/mol. The predicted octanol–water partition coefficient (Wildman–Crippen LogP) is -0.118. The highest BCUT2D eigenvalue weighted by atomic mass is 35.5. The number of hydrogen-bond donors (Lipinski definition) is 2. The molecule has 0 aromatic carbocycles.